The summed E-state index contributed by atoms with van der Waals surface area (Å²) in [5.41, 5.74) is 1.01. The van der Waals surface area contributed by atoms with Crippen LogP contribution in [0.4, 0.5) is 0 Å². The first-order chi connectivity index (χ1) is 10.4. The van der Waals surface area contributed by atoms with Crippen LogP contribution in [0, 0.1) is 12.8 Å². The lowest BCUT2D eigenvalue weighted by molar-refractivity contribution is -0.121. The Morgan fingerprint density at radius 3 is 2.64 bits per heavy atom. The number of carbonyl (C=O) groups is 1. The number of hydrogen-bond donors (Lipinski definition) is 1. The molecule has 0 unspecified atom stereocenters. The molecule has 0 aromatic heterocycles. The predicted octanol–water partition coefficient (Wildman–Crippen LogP) is 4.75. The molecule has 1 amide bonds. The number of benzene rings is 1. The van der Waals surface area contributed by atoms with Crippen LogP contribution in [-0.4, -0.2) is 18.6 Å². The quantitative estimate of drug-likeness (QED) is 0.665. The van der Waals surface area contributed by atoms with Crippen LogP contribution >= 0.6 is 11.6 Å². The molecule has 22 heavy (non-hydrogen) atoms. The van der Waals surface area contributed by atoms with Crippen molar-refractivity contribution in [1.82, 2.24) is 5.32 Å². The molecule has 0 spiro atoms. The molecule has 0 bridgehead atoms. The number of aryl methyl sites for hydroxylation is 1. The number of carbonyl (C=O) groups excluding carboxylic acids is 1. The van der Waals surface area contributed by atoms with Crippen LogP contribution < -0.4 is 10.1 Å². The maximum Gasteiger partial charge on any atom is 0.220 e. The van der Waals surface area contributed by atoms with Gasteiger partial charge >= 0.3 is 0 Å². The summed E-state index contributed by atoms with van der Waals surface area (Å²) in [6, 6.07) is 5.80. The molecule has 124 valence electrons. The second-order valence-corrected chi connectivity index (χ2v) is 6.74. The highest BCUT2D eigenvalue weighted by Gasteiger charge is 2.08. The van der Waals surface area contributed by atoms with E-state index in [4.69, 9.17) is 16.3 Å². The van der Waals surface area contributed by atoms with Crippen molar-refractivity contribution in [2.75, 3.05) is 6.61 Å². The fourth-order valence-electron chi connectivity index (χ4n) is 2.19. The van der Waals surface area contributed by atoms with Gasteiger partial charge in [0.25, 0.3) is 0 Å². The van der Waals surface area contributed by atoms with Gasteiger partial charge in [0, 0.05) is 17.5 Å². The zero-order valence-corrected chi connectivity index (χ0v) is 14.9. The van der Waals surface area contributed by atoms with Crippen LogP contribution in [0.25, 0.3) is 0 Å². The second kappa shape index (κ2) is 9.73. The Hall–Kier alpha value is -1.22. The largest absolute Gasteiger partial charge is 0.493 e. The number of ether oxygens (including phenoxy) is 1. The van der Waals surface area contributed by atoms with Crippen molar-refractivity contribution in [3.05, 3.63) is 28.8 Å². The van der Waals surface area contributed by atoms with Crippen LogP contribution in [-0.2, 0) is 4.79 Å². The van der Waals surface area contributed by atoms with E-state index < -0.39 is 0 Å². The molecule has 0 aliphatic rings. The van der Waals surface area contributed by atoms with Crippen molar-refractivity contribution in [3.8, 4) is 5.75 Å². The van der Waals surface area contributed by atoms with Gasteiger partial charge in [0.2, 0.25) is 5.91 Å². The molecule has 1 aromatic rings. The topological polar surface area (TPSA) is 38.3 Å². The average Bonchev–Trinajstić information content (AvgIpc) is 2.43. The molecule has 0 saturated carbocycles. The SMILES string of the molecule is Cc1cc(Cl)ccc1OCCCC(=O)N[C@H](C)CCC(C)C. The van der Waals surface area contributed by atoms with E-state index in [2.05, 4.69) is 26.1 Å². The third-order valence-corrected chi connectivity index (χ3v) is 3.76. The van der Waals surface area contributed by atoms with Gasteiger partial charge in [0.05, 0.1) is 6.61 Å². The van der Waals surface area contributed by atoms with E-state index in [0.717, 1.165) is 24.2 Å². The highest BCUT2D eigenvalue weighted by Crippen LogP contribution is 2.21. The number of halogens is 1. The van der Waals surface area contributed by atoms with Gasteiger partial charge in [-0.25, -0.2) is 0 Å². The lowest BCUT2D eigenvalue weighted by Gasteiger charge is -2.15. The van der Waals surface area contributed by atoms with E-state index >= 15 is 0 Å². The molecular weight excluding hydrogens is 298 g/mol. The molecule has 0 fully saturated rings. The molecule has 1 aromatic carbocycles. The zero-order chi connectivity index (χ0) is 16.5. The Morgan fingerprint density at radius 1 is 1.27 bits per heavy atom. The second-order valence-electron chi connectivity index (χ2n) is 6.30. The maximum absolute atomic E-state index is 11.8. The van der Waals surface area contributed by atoms with Crippen LogP contribution in [0.1, 0.15) is 52.0 Å². The molecular formula is C18H28ClNO2. The number of hydrogen-bond acceptors (Lipinski definition) is 2. The van der Waals surface area contributed by atoms with Gasteiger partial charge in [-0.1, -0.05) is 25.4 Å². The highest BCUT2D eigenvalue weighted by molar-refractivity contribution is 6.30. The Balaban J connectivity index is 2.19. The monoisotopic (exact) mass is 325 g/mol. The van der Waals surface area contributed by atoms with Crippen LogP contribution in [0.3, 0.4) is 0 Å². The normalized spacial score (nSPS) is 12.3. The molecule has 0 aliphatic heterocycles. The lowest BCUT2D eigenvalue weighted by Crippen LogP contribution is -2.32. The summed E-state index contributed by atoms with van der Waals surface area (Å²) in [7, 11) is 0. The van der Waals surface area contributed by atoms with Crippen LogP contribution in [0.15, 0.2) is 18.2 Å². The lowest BCUT2D eigenvalue weighted by atomic mass is 10.0. The van der Waals surface area contributed by atoms with E-state index in [1.807, 2.05) is 25.1 Å². The summed E-state index contributed by atoms with van der Waals surface area (Å²) in [5.74, 6) is 1.61. The first-order valence-corrected chi connectivity index (χ1v) is 8.44. The maximum atomic E-state index is 11.8. The van der Waals surface area contributed by atoms with Gasteiger partial charge in [-0.2, -0.15) is 0 Å². The van der Waals surface area contributed by atoms with Crippen LogP contribution in [0.5, 0.6) is 5.75 Å². The van der Waals surface area contributed by atoms with E-state index in [9.17, 15) is 4.79 Å². The molecule has 0 radical (unpaired) electrons. The van der Waals surface area contributed by atoms with Crippen molar-refractivity contribution in [1.29, 1.82) is 0 Å². The minimum absolute atomic E-state index is 0.104. The summed E-state index contributed by atoms with van der Waals surface area (Å²) in [6.07, 6.45) is 3.38. The summed E-state index contributed by atoms with van der Waals surface area (Å²) >= 11 is 5.90. The molecule has 4 heteroatoms. The molecule has 0 aliphatic carbocycles. The molecule has 0 saturated heterocycles. The summed E-state index contributed by atoms with van der Waals surface area (Å²) in [5, 5.41) is 3.75. The van der Waals surface area contributed by atoms with Crippen molar-refractivity contribution < 1.29 is 9.53 Å². The smallest absolute Gasteiger partial charge is 0.220 e. The van der Waals surface area contributed by atoms with Crippen LogP contribution in [0.2, 0.25) is 5.02 Å². The zero-order valence-electron chi connectivity index (χ0n) is 14.1. The van der Waals surface area contributed by atoms with Gasteiger partial charge in [-0.05, 0) is 62.8 Å². The summed E-state index contributed by atoms with van der Waals surface area (Å²) in [6.45, 7) is 8.96. The van der Waals surface area contributed by atoms with Gasteiger partial charge in [-0.3, -0.25) is 4.79 Å². The predicted molar refractivity (Wildman–Crippen MR) is 92.6 cm³/mol. The van der Waals surface area contributed by atoms with E-state index in [1.165, 1.54) is 0 Å². The van der Waals surface area contributed by atoms with E-state index in [0.29, 0.717) is 30.4 Å². The van der Waals surface area contributed by atoms with Gasteiger partial charge in [-0.15, -0.1) is 0 Å². The molecule has 0 heterocycles. The molecule has 1 atom stereocenters. The third-order valence-electron chi connectivity index (χ3n) is 3.53. The van der Waals surface area contributed by atoms with Crippen molar-refractivity contribution >= 4 is 17.5 Å². The van der Waals surface area contributed by atoms with Crippen molar-refractivity contribution in [2.24, 2.45) is 5.92 Å². The van der Waals surface area contributed by atoms with E-state index in [1.54, 1.807) is 0 Å². The Bertz CT molecular complexity index is 474. The number of nitrogens with one attached hydrogen (secondary N) is 1. The summed E-state index contributed by atoms with van der Waals surface area (Å²) < 4.78 is 5.69. The fraction of sp³-hybridized carbons (Fsp3) is 0.611. The minimum atomic E-state index is 0.104. The van der Waals surface area contributed by atoms with E-state index in [-0.39, 0.29) is 11.9 Å². The van der Waals surface area contributed by atoms with Gasteiger partial charge in [0.1, 0.15) is 5.75 Å². The molecule has 3 nitrogen and oxygen atoms in total. The molecule has 1 rings (SSSR count). The average molecular weight is 326 g/mol. The third kappa shape index (κ3) is 7.69. The van der Waals surface area contributed by atoms with Crippen molar-refractivity contribution in [2.45, 2.75) is 59.4 Å². The first-order valence-electron chi connectivity index (χ1n) is 8.06. The Kier molecular flexibility index (Phi) is 8.32. The molecule has 1 N–H and O–H groups in total. The minimum Gasteiger partial charge on any atom is -0.493 e. The Labute approximate surface area is 139 Å². The summed E-state index contributed by atoms with van der Waals surface area (Å²) in [4.78, 5) is 11.8. The number of amides is 1. The van der Waals surface area contributed by atoms with Gasteiger partial charge in [0.15, 0.2) is 0 Å². The first kappa shape index (κ1) is 18.8. The van der Waals surface area contributed by atoms with Gasteiger partial charge < -0.3 is 10.1 Å². The number of rotatable bonds is 9. The Morgan fingerprint density at radius 2 is 2.00 bits per heavy atom. The van der Waals surface area contributed by atoms with Crippen molar-refractivity contribution in [3.63, 3.8) is 0 Å². The fourth-order valence-corrected chi connectivity index (χ4v) is 2.42. The standard InChI is InChI=1S/C18H28ClNO2/c1-13(2)7-8-15(4)20-18(21)6-5-11-22-17-10-9-16(19)12-14(17)3/h9-10,12-13,15H,5-8,11H2,1-4H3,(H,20,21)/t15-/m1/s1. The highest BCUT2D eigenvalue weighted by atomic mass is 35.5.